The number of phenols is 1. The van der Waals surface area contributed by atoms with E-state index in [1.165, 1.54) is 12.1 Å². The molecule has 5 heteroatoms. The van der Waals surface area contributed by atoms with E-state index in [2.05, 4.69) is 5.32 Å². The molecule has 0 aliphatic heterocycles. The smallest absolute Gasteiger partial charge is 0.285 e. The van der Waals surface area contributed by atoms with Gasteiger partial charge in [-0.2, -0.15) is 0 Å². The van der Waals surface area contributed by atoms with Crippen LogP contribution in [0.4, 0.5) is 4.79 Å². The fourth-order valence-electron chi connectivity index (χ4n) is 1.06. The molecule has 1 rings (SSSR count). The Bertz CT molecular complexity index is 393. The number of carbonyl (C=O) groups is 2. The third-order valence-electron chi connectivity index (χ3n) is 1.80. The number of para-hydroxylation sites is 1. The lowest BCUT2D eigenvalue weighted by molar-refractivity contribution is 0.0967. The predicted molar refractivity (Wildman–Crippen MR) is 63.7 cm³/mol. The Balaban J connectivity index is 2.59. The van der Waals surface area contributed by atoms with Crippen LogP contribution >= 0.6 is 11.8 Å². The first-order valence-corrected chi connectivity index (χ1v) is 5.89. The number of hydrogen-bond acceptors (Lipinski definition) is 4. The largest absolute Gasteiger partial charge is 0.507 e. The summed E-state index contributed by atoms with van der Waals surface area (Å²) in [6.45, 7) is 1.95. The second-order valence-electron chi connectivity index (χ2n) is 3.11. The lowest BCUT2D eigenvalue weighted by Crippen LogP contribution is -2.27. The number of benzene rings is 1. The van der Waals surface area contributed by atoms with Gasteiger partial charge in [-0.05, 0) is 18.6 Å². The molecule has 0 heterocycles. The van der Waals surface area contributed by atoms with Crippen LogP contribution in [0.2, 0.25) is 0 Å². The number of carbonyl (C=O) groups excluding carboxylic acids is 2. The van der Waals surface area contributed by atoms with E-state index in [1.807, 2.05) is 6.92 Å². The zero-order valence-corrected chi connectivity index (χ0v) is 9.71. The molecule has 0 saturated carbocycles. The summed E-state index contributed by atoms with van der Waals surface area (Å²) in [6.07, 6.45) is 0.864. The number of aromatic hydroxyl groups is 1. The molecule has 0 atom stereocenters. The average molecular weight is 239 g/mol. The Labute approximate surface area is 98.0 Å². The molecule has 0 fully saturated rings. The van der Waals surface area contributed by atoms with Crippen molar-refractivity contribution < 1.29 is 14.7 Å². The minimum absolute atomic E-state index is 0.105. The van der Waals surface area contributed by atoms with Gasteiger partial charge in [-0.15, -0.1) is 0 Å². The van der Waals surface area contributed by atoms with Gasteiger partial charge in [0.15, 0.2) is 0 Å². The summed E-state index contributed by atoms with van der Waals surface area (Å²) >= 11 is 1.05. The maximum Gasteiger partial charge on any atom is 0.285 e. The van der Waals surface area contributed by atoms with Gasteiger partial charge in [0.05, 0.1) is 5.56 Å². The van der Waals surface area contributed by atoms with Gasteiger partial charge >= 0.3 is 0 Å². The first-order valence-electron chi connectivity index (χ1n) is 4.91. The Morgan fingerprint density at radius 1 is 1.38 bits per heavy atom. The molecule has 0 radical (unpaired) electrons. The van der Waals surface area contributed by atoms with E-state index in [0.717, 1.165) is 18.2 Å². The van der Waals surface area contributed by atoms with Gasteiger partial charge in [-0.1, -0.05) is 30.8 Å². The van der Waals surface area contributed by atoms with Crippen LogP contribution in [0.1, 0.15) is 23.7 Å². The molecular weight excluding hydrogens is 226 g/mol. The van der Waals surface area contributed by atoms with Gasteiger partial charge in [0.2, 0.25) is 0 Å². The van der Waals surface area contributed by atoms with Crippen molar-refractivity contribution in [2.24, 2.45) is 0 Å². The van der Waals surface area contributed by atoms with Gasteiger partial charge in [0.25, 0.3) is 11.1 Å². The zero-order chi connectivity index (χ0) is 12.0. The number of phenolic OH excluding ortho intramolecular Hbond substituents is 1. The summed E-state index contributed by atoms with van der Waals surface area (Å²) in [6, 6.07) is 6.10. The van der Waals surface area contributed by atoms with Crippen LogP contribution in [0.25, 0.3) is 0 Å². The van der Waals surface area contributed by atoms with Crippen LogP contribution in [-0.2, 0) is 0 Å². The van der Waals surface area contributed by atoms with E-state index in [4.69, 9.17) is 0 Å². The Morgan fingerprint density at radius 2 is 2.06 bits per heavy atom. The molecule has 0 aliphatic rings. The van der Waals surface area contributed by atoms with Crippen molar-refractivity contribution in [2.75, 3.05) is 5.75 Å². The summed E-state index contributed by atoms with van der Waals surface area (Å²) < 4.78 is 0. The molecule has 0 bridgehead atoms. The molecule has 0 aromatic heterocycles. The summed E-state index contributed by atoms with van der Waals surface area (Å²) in [5.41, 5.74) is 0.105. The second-order valence-corrected chi connectivity index (χ2v) is 4.17. The first kappa shape index (κ1) is 12.6. The summed E-state index contributed by atoms with van der Waals surface area (Å²) in [5, 5.41) is 11.2. The Kier molecular flexibility index (Phi) is 4.85. The topological polar surface area (TPSA) is 66.4 Å². The maximum atomic E-state index is 11.5. The SMILES string of the molecule is CCCSC(=O)NC(=O)c1ccccc1O. The van der Waals surface area contributed by atoms with Crippen molar-refractivity contribution in [3.05, 3.63) is 29.8 Å². The summed E-state index contributed by atoms with van der Waals surface area (Å²) in [5.74, 6) is -0.0418. The molecule has 2 amide bonds. The van der Waals surface area contributed by atoms with E-state index in [1.54, 1.807) is 12.1 Å². The number of rotatable bonds is 3. The molecule has 1 aromatic rings. The Hall–Kier alpha value is -1.49. The zero-order valence-electron chi connectivity index (χ0n) is 8.90. The van der Waals surface area contributed by atoms with E-state index >= 15 is 0 Å². The molecule has 86 valence electrons. The number of imide groups is 1. The highest BCUT2D eigenvalue weighted by atomic mass is 32.2. The van der Waals surface area contributed by atoms with E-state index in [9.17, 15) is 14.7 Å². The molecule has 16 heavy (non-hydrogen) atoms. The van der Waals surface area contributed by atoms with Crippen LogP contribution in [0, 0.1) is 0 Å². The van der Waals surface area contributed by atoms with E-state index in [-0.39, 0.29) is 11.3 Å². The maximum absolute atomic E-state index is 11.5. The summed E-state index contributed by atoms with van der Waals surface area (Å²) in [7, 11) is 0. The lowest BCUT2D eigenvalue weighted by atomic mass is 10.2. The number of hydrogen-bond donors (Lipinski definition) is 2. The number of nitrogens with one attached hydrogen (secondary N) is 1. The van der Waals surface area contributed by atoms with E-state index < -0.39 is 11.1 Å². The standard InChI is InChI=1S/C11H13NO3S/c1-2-7-16-11(15)12-10(14)8-5-3-4-6-9(8)13/h3-6,13H,2,7H2,1H3,(H,12,14,15). The van der Waals surface area contributed by atoms with Gasteiger partial charge in [-0.25, -0.2) is 0 Å². The lowest BCUT2D eigenvalue weighted by Gasteiger charge is -2.04. The predicted octanol–water partition coefficient (Wildman–Crippen LogP) is 2.39. The van der Waals surface area contributed by atoms with Gasteiger partial charge in [-0.3, -0.25) is 14.9 Å². The second kappa shape index (κ2) is 6.17. The minimum atomic E-state index is -0.577. The molecule has 1 aromatic carbocycles. The molecular formula is C11H13NO3S. The molecule has 0 spiro atoms. The Morgan fingerprint density at radius 3 is 2.69 bits per heavy atom. The normalized spacial score (nSPS) is 9.81. The number of thioether (sulfide) groups is 1. The highest BCUT2D eigenvalue weighted by Gasteiger charge is 2.13. The quantitative estimate of drug-likeness (QED) is 0.850. The third-order valence-corrected chi connectivity index (χ3v) is 2.78. The van der Waals surface area contributed by atoms with Gasteiger partial charge in [0.1, 0.15) is 5.75 Å². The van der Waals surface area contributed by atoms with Crippen molar-refractivity contribution in [3.8, 4) is 5.75 Å². The average Bonchev–Trinajstić information content (AvgIpc) is 2.26. The van der Waals surface area contributed by atoms with Crippen LogP contribution in [0.15, 0.2) is 24.3 Å². The fourth-order valence-corrected chi connectivity index (χ4v) is 1.61. The van der Waals surface area contributed by atoms with Gasteiger partial charge < -0.3 is 5.11 Å². The van der Waals surface area contributed by atoms with Crippen molar-refractivity contribution in [3.63, 3.8) is 0 Å². The van der Waals surface area contributed by atoms with Crippen molar-refractivity contribution >= 4 is 22.9 Å². The number of amides is 2. The van der Waals surface area contributed by atoms with Crippen molar-refractivity contribution in [1.29, 1.82) is 0 Å². The monoisotopic (exact) mass is 239 g/mol. The third kappa shape index (κ3) is 3.58. The van der Waals surface area contributed by atoms with Crippen LogP contribution in [-0.4, -0.2) is 22.0 Å². The first-order chi connectivity index (χ1) is 7.65. The molecule has 0 saturated heterocycles. The van der Waals surface area contributed by atoms with Crippen LogP contribution in [0.5, 0.6) is 5.75 Å². The minimum Gasteiger partial charge on any atom is -0.507 e. The fraction of sp³-hybridized carbons (Fsp3) is 0.273. The highest BCUT2D eigenvalue weighted by Crippen LogP contribution is 2.15. The van der Waals surface area contributed by atoms with Crippen molar-refractivity contribution in [1.82, 2.24) is 5.32 Å². The van der Waals surface area contributed by atoms with Crippen molar-refractivity contribution in [2.45, 2.75) is 13.3 Å². The molecule has 0 aliphatic carbocycles. The van der Waals surface area contributed by atoms with E-state index in [0.29, 0.717) is 5.75 Å². The highest BCUT2D eigenvalue weighted by molar-refractivity contribution is 8.13. The molecule has 2 N–H and O–H groups in total. The molecule has 0 unspecified atom stereocenters. The van der Waals surface area contributed by atoms with Crippen LogP contribution in [0.3, 0.4) is 0 Å². The van der Waals surface area contributed by atoms with Crippen LogP contribution < -0.4 is 5.32 Å². The van der Waals surface area contributed by atoms with Gasteiger partial charge in [0, 0.05) is 5.75 Å². The molecule has 4 nitrogen and oxygen atoms in total. The summed E-state index contributed by atoms with van der Waals surface area (Å²) in [4.78, 5) is 22.8.